The molecule has 0 N–H and O–H groups in total. The minimum absolute atomic E-state index is 0.455. The maximum atomic E-state index is 5.88. The zero-order valence-corrected chi connectivity index (χ0v) is 9.66. The van der Waals surface area contributed by atoms with Gasteiger partial charge in [0, 0.05) is 26.0 Å². The Labute approximate surface area is 96.9 Å². The Balaban J connectivity index is 2.11. The number of halogens is 1. The number of hydrogen-bond acceptors (Lipinski definition) is 5. The quantitative estimate of drug-likeness (QED) is 0.825. The van der Waals surface area contributed by atoms with Crippen molar-refractivity contribution in [1.29, 1.82) is 0 Å². The molecule has 0 aliphatic carbocycles. The Hall–Kier alpha value is -1.20. The second-order valence-electron chi connectivity index (χ2n) is 3.09. The van der Waals surface area contributed by atoms with Gasteiger partial charge in [0.1, 0.15) is 0 Å². The van der Waals surface area contributed by atoms with Crippen LogP contribution >= 0.6 is 23.3 Å². The van der Waals surface area contributed by atoms with Crippen molar-refractivity contribution in [2.24, 2.45) is 0 Å². The van der Waals surface area contributed by atoms with Gasteiger partial charge in [-0.15, -0.1) is 0 Å². The summed E-state index contributed by atoms with van der Waals surface area (Å²) in [4.78, 5) is 5.92. The molecule has 0 aliphatic heterocycles. The largest absolute Gasteiger partial charge is 0.352 e. The maximum absolute atomic E-state index is 5.88. The molecule has 78 valence electrons. The van der Waals surface area contributed by atoms with E-state index in [1.807, 2.05) is 24.1 Å². The van der Waals surface area contributed by atoms with Gasteiger partial charge in [-0.3, -0.25) is 4.98 Å². The number of anilines is 1. The minimum atomic E-state index is 0.455. The van der Waals surface area contributed by atoms with Gasteiger partial charge in [0.25, 0.3) is 0 Å². The molecule has 0 aromatic carbocycles. The highest BCUT2D eigenvalue weighted by Crippen LogP contribution is 2.22. The summed E-state index contributed by atoms with van der Waals surface area (Å²) in [5, 5.41) is 0.455. The Morgan fingerprint density at radius 3 is 2.67 bits per heavy atom. The summed E-state index contributed by atoms with van der Waals surface area (Å²) < 4.78 is 8.04. The van der Waals surface area contributed by atoms with E-state index >= 15 is 0 Å². The van der Waals surface area contributed by atoms with E-state index in [2.05, 4.69) is 13.7 Å². The summed E-state index contributed by atoms with van der Waals surface area (Å²) in [6.45, 7) is 0.744. The highest BCUT2D eigenvalue weighted by atomic mass is 35.5. The number of aromatic nitrogens is 3. The molecule has 0 aliphatic rings. The molecule has 2 aromatic rings. The van der Waals surface area contributed by atoms with Crippen LogP contribution in [-0.2, 0) is 6.54 Å². The Kier molecular flexibility index (Phi) is 3.13. The van der Waals surface area contributed by atoms with E-state index in [0.717, 1.165) is 29.7 Å². The van der Waals surface area contributed by atoms with E-state index in [4.69, 9.17) is 11.6 Å². The van der Waals surface area contributed by atoms with Crippen molar-refractivity contribution in [2.45, 2.75) is 6.54 Å². The molecule has 15 heavy (non-hydrogen) atoms. The van der Waals surface area contributed by atoms with Gasteiger partial charge in [0.2, 0.25) is 0 Å². The molecule has 0 bridgehead atoms. The lowest BCUT2D eigenvalue weighted by atomic mass is 10.2. The number of rotatable bonds is 3. The van der Waals surface area contributed by atoms with Crippen molar-refractivity contribution in [2.75, 3.05) is 11.9 Å². The molecule has 0 fully saturated rings. The summed E-state index contributed by atoms with van der Waals surface area (Å²) in [6.07, 6.45) is 3.54. The van der Waals surface area contributed by atoms with Crippen LogP contribution in [0.15, 0.2) is 24.5 Å². The molecule has 0 radical (unpaired) electrons. The molecule has 0 spiro atoms. The fraction of sp³-hybridized carbons (Fsp3) is 0.222. The molecule has 0 atom stereocenters. The Bertz CT molecular complexity index is 431. The van der Waals surface area contributed by atoms with Crippen molar-refractivity contribution < 1.29 is 0 Å². The van der Waals surface area contributed by atoms with Crippen LogP contribution in [0, 0.1) is 0 Å². The van der Waals surface area contributed by atoms with Crippen molar-refractivity contribution in [3.05, 3.63) is 35.2 Å². The lowest BCUT2D eigenvalue weighted by molar-refractivity contribution is 0.905. The second kappa shape index (κ2) is 4.55. The zero-order chi connectivity index (χ0) is 10.7. The number of pyridine rings is 1. The monoisotopic (exact) mass is 240 g/mol. The fourth-order valence-electron chi connectivity index (χ4n) is 1.24. The van der Waals surface area contributed by atoms with Crippen molar-refractivity contribution in [3.8, 4) is 0 Å². The van der Waals surface area contributed by atoms with Crippen LogP contribution in [0.3, 0.4) is 0 Å². The highest BCUT2D eigenvalue weighted by molar-refractivity contribution is 6.99. The van der Waals surface area contributed by atoms with E-state index in [-0.39, 0.29) is 0 Å². The van der Waals surface area contributed by atoms with Gasteiger partial charge >= 0.3 is 0 Å². The van der Waals surface area contributed by atoms with E-state index < -0.39 is 0 Å². The third-order valence-corrected chi connectivity index (χ3v) is 2.84. The lowest BCUT2D eigenvalue weighted by Gasteiger charge is -2.15. The smallest absolute Gasteiger partial charge is 0.187 e. The molecule has 0 unspecified atom stereocenters. The number of hydrogen-bond donors (Lipinski definition) is 0. The molecule has 0 amide bonds. The van der Waals surface area contributed by atoms with Crippen LogP contribution in [0.2, 0.25) is 5.15 Å². The van der Waals surface area contributed by atoms with Crippen molar-refractivity contribution in [3.63, 3.8) is 0 Å². The maximum Gasteiger partial charge on any atom is 0.187 e. The van der Waals surface area contributed by atoms with Gasteiger partial charge in [-0.25, -0.2) is 0 Å². The van der Waals surface area contributed by atoms with Gasteiger partial charge < -0.3 is 4.90 Å². The molecular weight excluding hydrogens is 232 g/mol. The molecule has 4 nitrogen and oxygen atoms in total. The standard InChI is InChI=1S/C9H9ClN4S/c1-14(9-8(10)12-15-13-9)6-7-2-4-11-5-3-7/h2-5H,6H2,1H3. The predicted octanol–water partition coefficient (Wildman–Crippen LogP) is 2.22. The van der Waals surface area contributed by atoms with Gasteiger partial charge in [-0.2, -0.15) is 8.75 Å². The van der Waals surface area contributed by atoms with Crippen LogP contribution < -0.4 is 4.90 Å². The SMILES string of the molecule is CN(Cc1ccncc1)c1nsnc1Cl. The molecule has 0 saturated carbocycles. The fourth-order valence-corrected chi connectivity index (χ4v) is 2.06. The third kappa shape index (κ3) is 2.43. The van der Waals surface area contributed by atoms with E-state index in [9.17, 15) is 0 Å². The van der Waals surface area contributed by atoms with Crippen molar-refractivity contribution >= 4 is 29.1 Å². The van der Waals surface area contributed by atoms with Gasteiger partial charge in [0.15, 0.2) is 11.0 Å². The minimum Gasteiger partial charge on any atom is -0.352 e. The van der Waals surface area contributed by atoms with E-state index in [1.165, 1.54) is 0 Å². The molecule has 6 heteroatoms. The van der Waals surface area contributed by atoms with Crippen LogP contribution in [0.1, 0.15) is 5.56 Å². The molecule has 0 saturated heterocycles. The Morgan fingerprint density at radius 2 is 2.07 bits per heavy atom. The van der Waals surface area contributed by atoms with Gasteiger partial charge in [0.05, 0.1) is 11.7 Å². The summed E-state index contributed by atoms with van der Waals surface area (Å²) in [6, 6.07) is 3.93. The van der Waals surface area contributed by atoms with Gasteiger partial charge in [-0.05, 0) is 17.7 Å². The molecule has 2 rings (SSSR count). The molecule has 2 heterocycles. The second-order valence-corrected chi connectivity index (χ2v) is 3.98. The zero-order valence-electron chi connectivity index (χ0n) is 8.09. The normalized spacial score (nSPS) is 10.3. The first-order chi connectivity index (χ1) is 7.27. The predicted molar refractivity (Wildman–Crippen MR) is 61.3 cm³/mol. The van der Waals surface area contributed by atoms with Crippen LogP contribution in [0.5, 0.6) is 0 Å². The average Bonchev–Trinajstić information content (AvgIpc) is 2.66. The Morgan fingerprint density at radius 1 is 1.33 bits per heavy atom. The first kappa shape index (κ1) is 10.3. The average molecular weight is 241 g/mol. The summed E-state index contributed by atoms with van der Waals surface area (Å²) in [5.74, 6) is 0.721. The topological polar surface area (TPSA) is 41.9 Å². The lowest BCUT2D eigenvalue weighted by Crippen LogP contribution is -2.16. The van der Waals surface area contributed by atoms with E-state index in [1.54, 1.807) is 12.4 Å². The van der Waals surface area contributed by atoms with Crippen LogP contribution in [0.25, 0.3) is 0 Å². The molecular formula is C9H9ClN4S. The highest BCUT2D eigenvalue weighted by Gasteiger charge is 2.10. The summed E-state index contributed by atoms with van der Waals surface area (Å²) in [7, 11) is 1.93. The van der Waals surface area contributed by atoms with Crippen molar-refractivity contribution in [1.82, 2.24) is 13.7 Å². The summed E-state index contributed by atoms with van der Waals surface area (Å²) in [5.41, 5.74) is 1.16. The number of nitrogens with zero attached hydrogens (tertiary/aromatic N) is 4. The van der Waals surface area contributed by atoms with Crippen LogP contribution in [-0.4, -0.2) is 20.8 Å². The van der Waals surface area contributed by atoms with E-state index in [0.29, 0.717) is 5.15 Å². The first-order valence-electron chi connectivity index (χ1n) is 4.35. The third-order valence-electron chi connectivity index (χ3n) is 1.96. The van der Waals surface area contributed by atoms with Crippen LogP contribution in [0.4, 0.5) is 5.82 Å². The van der Waals surface area contributed by atoms with Gasteiger partial charge in [-0.1, -0.05) is 11.6 Å². The first-order valence-corrected chi connectivity index (χ1v) is 5.46. The molecule has 2 aromatic heterocycles. The summed E-state index contributed by atoms with van der Waals surface area (Å²) >= 11 is 7.00.